The van der Waals surface area contributed by atoms with Gasteiger partial charge in [-0.05, 0) is 19.9 Å². The summed E-state index contributed by atoms with van der Waals surface area (Å²) in [6.07, 6.45) is 1.80. The number of rotatable bonds is 0. The van der Waals surface area contributed by atoms with Crippen LogP contribution >= 0.6 is 12.2 Å². The quantitative estimate of drug-likeness (QED) is 0.629. The summed E-state index contributed by atoms with van der Waals surface area (Å²) in [5, 5.41) is 1.03. The van der Waals surface area contributed by atoms with Crippen molar-refractivity contribution in [2.45, 2.75) is 13.8 Å². The fourth-order valence-corrected chi connectivity index (χ4v) is 1.64. The molecule has 2 aromatic rings. The first-order chi connectivity index (χ1) is 5.70. The second-order valence-electron chi connectivity index (χ2n) is 2.83. The van der Waals surface area contributed by atoms with E-state index >= 15 is 0 Å². The monoisotopic (exact) mass is 179 g/mol. The van der Waals surface area contributed by atoms with Crippen molar-refractivity contribution in [2.24, 2.45) is 0 Å². The molecular formula is C9H9NOS. The summed E-state index contributed by atoms with van der Waals surface area (Å²) in [5.74, 6) is 0.940. The van der Waals surface area contributed by atoms with Crippen LogP contribution in [0.3, 0.4) is 0 Å². The molecule has 12 heavy (non-hydrogen) atoms. The second kappa shape index (κ2) is 2.45. The summed E-state index contributed by atoms with van der Waals surface area (Å²) < 4.78 is 6.24. The number of hydrogen-bond donors (Lipinski definition) is 1. The van der Waals surface area contributed by atoms with Gasteiger partial charge in [0.2, 0.25) is 0 Å². The Hall–Kier alpha value is -1.09. The second-order valence-corrected chi connectivity index (χ2v) is 3.24. The summed E-state index contributed by atoms with van der Waals surface area (Å²) >= 11 is 5.14. The van der Waals surface area contributed by atoms with Crippen LogP contribution < -0.4 is 0 Å². The molecule has 2 nitrogen and oxygen atoms in total. The predicted octanol–water partition coefficient (Wildman–Crippen LogP) is 3.11. The maximum atomic E-state index is 5.49. The number of H-pyrrole nitrogens is 1. The van der Waals surface area contributed by atoms with Crippen molar-refractivity contribution in [3.05, 3.63) is 28.2 Å². The van der Waals surface area contributed by atoms with Crippen molar-refractivity contribution in [3.63, 3.8) is 0 Å². The van der Waals surface area contributed by atoms with E-state index in [4.69, 9.17) is 16.6 Å². The standard InChI is InChI=1S/C9H9NOS/c1-5-6(2)11-7-3-4-10-9(12)8(5)7/h3-4H,1-2H3,(H,10,12). The highest BCUT2D eigenvalue weighted by Gasteiger charge is 2.06. The number of hydrogen-bond acceptors (Lipinski definition) is 2. The van der Waals surface area contributed by atoms with Gasteiger partial charge in [0.15, 0.2) is 0 Å². The first-order valence-electron chi connectivity index (χ1n) is 3.77. The van der Waals surface area contributed by atoms with Crippen LogP contribution in [0.15, 0.2) is 16.7 Å². The molecule has 0 aliphatic heterocycles. The van der Waals surface area contributed by atoms with Crippen LogP contribution in [0.25, 0.3) is 11.0 Å². The van der Waals surface area contributed by atoms with Crippen LogP contribution in [0, 0.1) is 18.5 Å². The molecule has 0 unspecified atom stereocenters. The Kier molecular flexibility index (Phi) is 1.54. The van der Waals surface area contributed by atoms with Crippen molar-refractivity contribution in [1.82, 2.24) is 4.98 Å². The number of nitrogens with one attached hydrogen (secondary N) is 1. The summed E-state index contributed by atoms with van der Waals surface area (Å²) in [4.78, 5) is 2.98. The molecule has 1 N–H and O–H groups in total. The molecule has 62 valence electrons. The molecule has 0 bridgehead atoms. The molecule has 2 aromatic heterocycles. The number of pyridine rings is 1. The van der Waals surface area contributed by atoms with Crippen LogP contribution in [-0.4, -0.2) is 4.98 Å². The Bertz CT molecular complexity index is 481. The van der Waals surface area contributed by atoms with Gasteiger partial charge in [0, 0.05) is 11.8 Å². The van der Waals surface area contributed by atoms with E-state index in [0.29, 0.717) is 0 Å². The van der Waals surface area contributed by atoms with E-state index in [1.807, 2.05) is 19.9 Å². The van der Waals surface area contributed by atoms with Gasteiger partial charge >= 0.3 is 0 Å². The highest BCUT2D eigenvalue weighted by molar-refractivity contribution is 7.71. The fraction of sp³-hybridized carbons (Fsp3) is 0.222. The average Bonchev–Trinajstić information content (AvgIpc) is 2.29. The minimum atomic E-state index is 0.752. The van der Waals surface area contributed by atoms with Gasteiger partial charge in [0.1, 0.15) is 16.0 Å². The van der Waals surface area contributed by atoms with E-state index in [0.717, 1.165) is 26.9 Å². The van der Waals surface area contributed by atoms with E-state index in [2.05, 4.69) is 4.98 Å². The number of aromatic nitrogens is 1. The topological polar surface area (TPSA) is 28.9 Å². The number of fused-ring (bicyclic) bond motifs is 1. The molecule has 0 aliphatic carbocycles. The van der Waals surface area contributed by atoms with Crippen LogP contribution in [0.1, 0.15) is 11.3 Å². The molecule has 0 atom stereocenters. The van der Waals surface area contributed by atoms with Crippen LogP contribution in [0.5, 0.6) is 0 Å². The molecule has 3 heteroatoms. The predicted molar refractivity (Wildman–Crippen MR) is 50.9 cm³/mol. The Morgan fingerprint density at radius 1 is 1.42 bits per heavy atom. The van der Waals surface area contributed by atoms with Crippen molar-refractivity contribution in [3.8, 4) is 0 Å². The van der Waals surface area contributed by atoms with Crippen LogP contribution in [0.4, 0.5) is 0 Å². The van der Waals surface area contributed by atoms with Crippen molar-refractivity contribution in [1.29, 1.82) is 0 Å². The normalized spacial score (nSPS) is 10.8. The molecule has 0 radical (unpaired) electrons. The third kappa shape index (κ3) is 0.898. The number of aromatic amines is 1. The van der Waals surface area contributed by atoms with Gasteiger partial charge < -0.3 is 9.40 Å². The lowest BCUT2D eigenvalue weighted by Gasteiger charge is -1.88. The number of furan rings is 1. The van der Waals surface area contributed by atoms with E-state index in [9.17, 15) is 0 Å². The van der Waals surface area contributed by atoms with Gasteiger partial charge in [-0.2, -0.15) is 0 Å². The Balaban J connectivity index is 3.07. The molecular weight excluding hydrogens is 170 g/mol. The Morgan fingerprint density at radius 2 is 2.17 bits per heavy atom. The van der Waals surface area contributed by atoms with E-state index in [-0.39, 0.29) is 0 Å². The van der Waals surface area contributed by atoms with Gasteiger partial charge in [-0.1, -0.05) is 12.2 Å². The SMILES string of the molecule is Cc1oc2cc[nH]c(=S)c2c1C. The lowest BCUT2D eigenvalue weighted by molar-refractivity contribution is 0.575. The molecule has 0 aliphatic rings. The molecule has 0 amide bonds. The Labute approximate surface area is 75.2 Å². The lowest BCUT2D eigenvalue weighted by Crippen LogP contribution is -1.75. The third-order valence-corrected chi connectivity index (χ3v) is 2.41. The van der Waals surface area contributed by atoms with Crippen molar-refractivity contribution in [2.75, 3.05) is 0 Å². The smallest absolute Gasteiger partial charge is 0.138 e. The average molecular weight is 179 g/mol. The zero-order chi connectivity index (χ0) is 8.72. The Morgan fingerprint density at radius 3 is 2.83 bits per heavy atom. The highest BCUT2D eigenvalue weighted by Crippen LogP contribution is 2.23. The maximum absolute atomic E-state index is 5.49. The van der Waals surface area contributed by atoms with Crippen LogP contribution in [-0.2, 0) is 0 Å². The van der Waals surface area contributed by atoms with E-state index < -0.39 is 0 Å². The molecule has 0 fully saturated rings. The van der Waals surface area contributed by atoms with Crippen molar-refractivity contribution < 1.29 is 4.42 Å². The maximum Gasteiger partial charge on any atom is 0.138 e. The van der Waals surface area contributed by atoms with E-state index in [1.54, 1.807) is 6.20 Å². The summed E-state index contributed by atoms with van der Waals surface area (Å²) in [6, 6.07) is 1.89. The van der Waals surface area contributed by atoms with Crippen LogP contribution in [0.2, 0.25) is 0 Å². The number of aryl methyl sites for hydroxylation is 2. The van der Waals surface area contributed by atoms with Gasteiger partial charge in [-0.25, -0.2) is 0 Å². The molecule has 0 aromatic carbocycles. The minimum absolute atomic E-state index is 0.752. The van der Waals surface area contributed by atoms with Gasteiger partial charge in [-0.15, -0.1) is 0 Å². The first kappa shape index (κ1) is 7.55. The highest BCUT2D eigenvalue weighted by atomic mass is 32.1. The summed E-state index contributed by atoms with van der Waals surface area (Å²) in [7, 11) is 0. The summed E-state index contributed by atoms with van der Waals surface area (Å²) in [5.41, 5.74) is 2.00. The van der Waals surface area contributed by atoms with Gasteiger partial charge in [0.25, 0.3) is 0 Å². The third-order valence-electron chi connectivity index (χ3n) is 2.09. The van der Waals surface area contributed by atoms with Crippen molar-refractivity contribution >= 4 is 23.2 Å². The fourth-order valence-electron chi connectivity index (χ4n) is 1.32. The lowest BCUT2D eigenvalue weighted by atomic mass is 10.2. The largest absolute Gasteiger partial charge is 0.461 e. The zero-order valence-electron chi connectivity index (χ0n) is 6.97. The van der Waals surface area contributed by atoms with E-state index in [1.165, 1.54) is 0 Å². The van der Waals surface area contributed by atoms with Gasteiger partial charge in [0.05, 0.1) is 5.39 Å². The van der Waals surface area contributed by atoms with Gasteiger partial charge in [-0.3, -0.25) is 0 Å². The molecule has 0 saturated carbocycles. The molecule has 0 spiro atoms. The molecule has 2 heterocycles. The molecule has 0 saturated heterocycles. The molecule has 2 rings (SSSR count). The zero-order valence-corrected chi connectivity index (χ0v) is 7.79. The minimum Gasteiger partial charge on any atom is -0.461 e. The first-order valence-corrected chi connectivity index (χ1v) is 4.18. The summed E-state index contributed by atoms with van der Waals surface area (Å²) in [6.45, 7) is 3.97.